The summed E-state index contributed by atoms with van der Waals surface area (Å²) in [5, 5.41) is 0. The zero-order valence-electron chi connectivity index (χ0n) is 14.3. The average Bonchev–Trinajstić information content (AvgIpc) is 2.75. The molecular weight excluding hydrogens is 438 g/mol. The summed E-state index contributed by atoms with van der Waals surface area (Å²) in [6.07, 6.45) is -0.855. The maximum Gasteiger partial charge on any atom is 0.207 e. The van der Waals surface area contributed by atoms with Gasteiger partial charge in [0.25, 0.3) is 0 Å². The number of ether oxygens (including phenoxy) is 2. The fraction of sp³-hybridized carbons (Fsp3) is 0.222. The molecule has 2 atom stereocenters. The first-order chi connectivity index (χ1) is 14.0. The van der Waals surface area contributed by atoms with Crippen LogP contribution in [0.25, 0.3) is 0 Å². The molecule has 1 aliphatic carbocycles. The molecule has 2 aromatic carbocycles. The molecule has 0 amide bonds. The van der Waals surface area contributed by atoms with E-state index in [-0.39, 0.29) is 12.8 Å². The second kappa shape index (κ2) is 8.07. The van der Waals surface area contributed by atoms with Gasteiger partial charge >= 0.3 is 0 Å². The van der Waals surface area contributed by atoms with Crippen LogP contribution in [0.4, 0.5) is 43.9 Å². The first-order valence-corrected chi connectivity index (χ1v) is 8.09. The van der Waals surface area contributed by atoms with E-state index in [2.05, 4.69) is 0 Å². The second-order valence-electron chi connectivity index (χ2n) is 6.07. The first kappa shape index (κ1) is 21.8. The van der Waals surface area contributed by atoms with Crippen LogP contribution >= 0.6 is 0 Å². The van der Waals surface area contributed by atoms with Crippen molar-refractivity contribution in [3.63, 3.8) is 0 Å². The van der Waals surface area contributed by atoms with Crippen molar-refractivity contribution in [2.45, 2.75) is 25.0 Å². The van der Waals surface area contributed by atoms with Gasteiger partial charge in [-0.2, -0.15) is 17.6 Å². The standard InChI is InChI=1S/C18H8F10O2/c19-7-9(21)13(25)17(14(26)10(7)22)29-5-1-2-6(4-3-5)30-18-15(27)11(23)8(20)12(24)16(18)28/h1-2,5-6H,3-4H2/t5-,6+. The number of rotatable bonds is 4. The number of hydrogen-bond acceptors (Lipinski definition) is 2. The van der Waals surface area contributed by atoms with Crippen LogP contribution < -0.4 is 9.47 Å². The maximum absolute atomic E-state index is 13.6. The topological polar surface area (TPSA) is 18.5 Å². The minimum atomic E-state index is -2.37. The summed E-state index contributed by atoms with van der Waals surface area (Å²) in [7, 11) is 0. The number of benzene rings is 2. The van der Waals surface area contributed by atoms with Crippen molar-refractivity contribution in [2.24, 2.45) is 0 Å². The highest BCUT2D eigenvalue weighted by atomic mass is 19.2. The van der Waals surface area contributed by atoms with Crippen LogP contribution in [0, 0.1) is 58.2 Å². The summed E-state index contributed by atoms with van der Waals surface area (Å²) in [6, 6.07) is 0. The summed E-state index contributed by atoms with van der Waals surface area (Å²) in [5.74, 6) is -25.4. The molecule has 0 N–H and O–H groups in total. The Morgan fingerprint density at radius 1 is 0.433 bits per heavy atom. The molecule has 3 rings (SSSR count). The van der Waals surface area contributed by atoms with Gasteiger partial charge in [-0.3, -0.25) is 0 Å². The van der Waals surface area contributed by atoms with Gasteiger partial charge in [-0.25, -0.2) is 26.3 Å². The van der Waals surface area contributed by atoms with E-state index in [4.69, 9.17) is 9.47 Å². The number of halogens is 10. The molecule has 0 bridgehead atoms. The summed E-state index contributed by atoms with van der Waals surface area (Å²) >= 11 is 0. The lowest BCUT2D eigenvalue weighted by Crippen LogP contribution is -2.27. The first-order valence-electron chi connectivity index (χ1n) is 8.09. The predicted molar refractivity (Wildman–Crippen MR) is 79.7 cm³/mol. The molecule has 2 aromatic rings. The fourth-order valence-electron chi connectivity index (χ4n) is 2.64. The number of hydrogen-bond donors (Lipinski definition) is 0. The zero-order valence-corrected chi connectivity index (χ0v) is 14.3. The van der Waals surface area contributed by atoms with Crippen LogP contribution in [0.5, 0.6) is 11.5 Å². The van der Waals surface area contributed by atoms with Gasteiger partial charge in [-0.1, -0.05) is 0 Å². The zero-order chi connectivity index (χ0) is 22.3. The van der Waals surface area contributed by atoms with Crippen molar-refractivity contribution in [3.05, 3.63) is 70.3 Å². The molecule has 0 saturated carbocycles. The monoisotopic (exact) mass is 446 g/mol. The molecule has 0 aliphatic heterocycles. The third kappa shape index (κ3) is 3.65. The van der Waals surface area contributed by atoms with Gasteiger partial charge in [0.15, 0.2) is 11.5 Å². The Labute approximate surface area is 161 Å². The quantitative estimate of drug-likeness (QED) is 0.263. The molecular formula is C18H8F10O2. The smallest absolute Gasteiger partial charge is 0.207 e. The molecule has 30 heavy (non-hydrogen) atoms. The van der Waals surface area contributed by atoms with Gasteiger partial charge in [0.2, 0.25) is 58.2 Å². The Bertz CT molecular complexity index is 897. The van der Waals surface area contributed by atoms with E-state index in [9.17, 15) is 43.9 Å². The summed E-state index contributed by atoms with van der Waals surface area (Å²) in [5.41, 5.74) is 0. The largest absolute Gasteiger partial charge is 0.480 e. The van der Waals surface area contributed by atoms with Crippen LogP contribution in [0.1, 0.15) is 12.8 Å². The van der Waals surface area contributed by atoms with Gasteiger partial charge < -0.3 is 9.47 Å². The Balaban J connectivity index is 1.78. The lowest BCUT2D eigenvalue weighted by molar-refractivity contribution is 0.151. The summed E-state index contributed by atoms with van der Waals surface area (Å²) in [6.45, 7) is 0. The Hall–Kier alpha value is -2.92. The lowest BCUT2D eigenvalue weighted by Gasteiger charge is -2.25. The fourth-order valence-corrected chi connectivity index (χ4v) is 2.64. The maximum atomic E-state index is 13.6. The van der Waals surface area contributed by atoms with Gasteiger partial charge in [0, 0.05) is 0 Å². The molecule has 0 radical (unpaired) electrons. The Morgan fingerprint density at radius 3 is 0.900 bits per heavy atom. The van der Waals surface area contributed by atoms with Crippen molar-refractivity contribution in [2.75, 3.05) is 0 Å². The van der Waals surface area contributed by atoms with E-state index in [0.29, 0.717) is 0 Å². The molecule has 0 heterocycles. The van der Waals surface area contributed by atoms with E-state index in [1.165, 1.54) is 0 Å². The van der Waals surface area contributed by atoms with Crippen LogP contribution in [0.2, 0.25) is 0 Å². The van der Waals surface area contributed by atoms with Crippen molar-refractivity contribution in [1.82, 2.24) is 0 Å². The Kier molecular flexibility index (Phi) is 5.86. The minimum absolute atomic E-state index is 0.212. The van der Waals surface area contributed by atoms with Crippen LogP contribution in [-0.2, 0) is 0 Å². The van der Waals surface area contributed by atoms with Crippen molar-refractivity contribution >= 4 is 0 Å². The van der Waals surface area contributed by atoms with Crippen molar-refractivity contribution < 1.29 is 53.4 Å². The van der Waals surface area contributed by atoms with E-state index >= 15 is 0 Å². The van der Waals surface area contributed by atoms with Gasteiger partial charge in [0.05, 0.1) is 0 Å². The molecule has 0 spiro atoms. The molecule has 0 fully saturated rings. The van der Waals surface area contributed by atoms with Gasteiger partial charge in [-0.05, 0) is 25.0 Å². The van der Waals surface area contributed by atoms with E-state index < -0.39 is 81.9 Å². The molecule has 12 heteroatoms. The van der Waals surface area contributed by atoms with Crippen LogP contribution in [-0.4, -0.2) is 12.2 Å². The molecule has 0 unspecified atom stereocenters. The molecule has 162 valence electrons. The highest BCUT2D eigenvalue weighted by Gasteiger charge is 2.31. The molecule has 0 saturated heterocycles. The van der Waals surface area contributed by atoms with Crippen LogP contribution in [0.3, 0.4) is 0 Å². The van der Waals surface area contributed by atoms with Crippen LogP contribution in [0.15, 0.2) is 12.2 Å². The highest BCUT2D eigenvalue weighted by Crippen LogP contribution is 2.33. The van der Waals surface area contributed by atoms with Gasteiger partial charge in [-0.15, -0.1) is 0 Å². The second-order valence-corrected chi connectivity index (χ2v) is 6.07. The van der Waals surface area contributed by atoms with Crippen molar-refractivity contribution in [1.29, 1.82) is 0 Å². The minimum Gasteiger partial charge on any atom is -0.480 e. The predicted octanol–water partition coefficient (Wildman–Crippen LogP) is 5.62. The van der Waals surface area contributed by atoms with E-state index in [0.717, 1.165) is 12.2 Å². The van der Waals surface area contributed by atoms with E-state index in [1.807, 2.05) is 0 Å². The van der Waals surface area contributed by atoms with Crippen molar-refractivity contribution in [3.8, 4) is 11.5 Å². The lowest BCUT2D eigenvalue weighted by atomic mass is 10.0. The average molecular weight is 446 g/mol. The van der Waals surface area contributed by atoms with E-state index in [1.54, 1.807) is 0 Å². The third-order valence-electron chi connectivity index (χ3n) is 4.15. The normalized spacial score (nSPS) is 18.6. The SMILES string of the molecule is Fc1c(F)c(F)c(O[C@@H]2C=C[C@H](Oc3c(F)c(F)c(F)c(F)c3F)CC2)c(F)c1F. The molecule has 0 aromatic heterocycles. The Morgan fingerprint density at radius 2 is 0.667 bits per heavy atom. The molecule has 2 nitrogen and oxygen atoms in total. The molecule has 1 aliphatic rings. The van der Waals surface area contributed by atoms with Gasteiger partial charge in [0.1, 0.15) is 12.2 Å². The third-order valence-corrected chi connectivity index (χ3v) is 4.15. The highest BCUT2D eigenvalue weighted by molar-refractivity contribution is 5.32. The summed E-state index contributed by atoms with van der Waals surface area (Å²) in [4.78, 5) is 0. The summed E-state index contributed by atoms with van der Waals surface area (Å²) < 4.78 is 143.